The molecule has 3 rings (SSSR count). The molecule has 1 heterocycles. The van der Waals surface area contributed by atoms with Gasteiger partial charge < -0.3 is 14.9 Å². The Balaban J connectivity index is 2.00. The van der Waals surface area contributed by atoms with Gasteiger partial charge in [-0.1, -0.05) is 35.3 Å². The van der Waals surface area contributed by atoms with Gasteiger partial charge >= 0.3 is 11.6 Å². The molecule has 148 valence electrons. The Kier molecular flexibility index (Phi) is 5.17. The van der Waals surface area contributed by atoms with Crippen molar-refractivity contribution in [3.63, 3.8) is 0 Å². The summed E-state index contributed by atoms with van der Waals surface area (Å²) in [5.41, 5.74) is 0.176. The Morgan fingerprint density at radius 1 is 0.966 bits per heavy atom. The second-order valence-corrected chi connectivity index (χ2v) is 5.84. The second kappa shape index (κ2) is 7.72. The lowest BCUT2D eigenvalue weighted by Gasteiger charge is -2.07. The van der Waals surface area contributed by atoms with Crippen molar-refractivity contribution in [2.75, 3.05) is 0 Å². The van der Waals surface area contributed by atoms with Crippen LogP contribution in [0.4, 0.5) is 17.3 Å². The van der Waals surface area contributed by atoms with E-state index in [2.05, 4.69) is 4.98 Å². The maximum atomic E-state index is 11.3. The number of hydrogen-bond acceptors (Lipinski definition) is 8. The average molecular weight is 399 g/mol. The van der Waals surface area contributed by atoms with Gasteiger partial charge in [-0.05, 0) is 11.0 Å². The Morgan fingerprint density at radius 2 is 1.66 bits per heavy atom. The summed E-state index contributed by atoms with van der Waals surface area (Å²) in [6.45, 7) is -0.278. The molecule has 0 fully saturated rings. The molecule has 12 heteroatoms. The minimum atomic E-state index is -0.799. The van der Waals surface area contributed by atoms with Crippen LogP contribution in [0.25, 0.3) is 11.3 Å². The molecule has 0 aliphatic heterocycles. The van der Waals surface area contributed by atoms with E-state index in [1.807, 2.05) is 0 Å². The number of ether oxygens (including phenoxy) is 1. The van der Waals surface area contributed by atoms with Gasteiger partial charge in [-0.2, -0.15) is 0 Å². The highest BCUT2D eigenvalue weighted by Gasteiger charge is 2.28. The van der Waals surface area contributed by atoms with E-state index in [9.17, 15) is 30.3 Å². The van der Waals surface area contributed by atoms with Crippen molar-refractivity contribution >= 4 is 17.3 Å². The third-order valence-electron chi connectivity index (χ3n) is 4.11. The van der Waals surface area contributed by atoms with Gasteiger partial charge in [0.25, 0.3) is 5.69 Å². The smallest absolute Gasteiger partial charge is 0.435 e. The molecule has 0 saturated heterocycles. The molecule has 12 nitrogen and oxygen atoms in total. The topological polar surface area (TPSA) is 156 Å². The van der Waals surface area contributed by atoms with Crippen LogP contribution in [-0.2, 0) is 13.7 Å². The van der Waals surface area contributed by atoms with Crippen LogP contribution in [0.15, 0.2) is 48.5 Å². The molecule has 2 aromatic carbocycles. The van der Waals surface area contributed by atoms with Gasteiger partial charge in [-0.15, -0.1) is 0 Å². The van der Waals surface area contributed by atoms with Gasteiger partial charge in [0, 0.05) is 11.6 Å². The molecule has 0 bridgehead atoms. The summed E-state index contributed by atoms with van der Waals surface area (Å²) in [6, 6.07) is 11.7. The van der Waals surface area contributed by atoms with E-state index in [-0.39, 0.29) is 12.4 Å². The first-order valence-electron chi connectivity index (χ1n) is 8.10. The van der Waals surface area contributed by atoms with Crippen LogP contribution in [0, 0.1) is 30.3 Å². The zero-order valence-corrected chi connectivity index (χ0v) is 14.9. The van der Waals surface area contributed by atoms with E-state index in [4.69, 9.17) is 4.74 Å². The molecule has 0 atom stereocenters. The zero-order valence-electron chi connectivity index (χ0n) is 14.9. The fourth-order valence-electron chi connectivity index (χ4n) is 2.70. The molecule has 0 aliphatic carbocycles. The highest BCUT2D eigenvalue weighted by atomic mass is 16.6. The highest BCUT2D eigenvalue weighted by Crippen LogP contribution is 2.33. The number of imidazole rings is 1. The van der Waals surface area contributed by atoms with Crippen LogP contribution in [0.5, 0.6) is 5.75 Å². The minimum Gasteiger partial charge on any atom is -0.479 e. The number of nitrogens with zero attached hydrogens (tertiary/aromatic N) is 5. The Bertz CT molecular complexity index is 1110. The first-order chi connectivity index (χ1) is 13.8. The first kappa shape index (κ1) is 19.4. The molecule has 0 radical (unpaired) electrons. The predicted octanol–water partition coefficient (Wildman–Crippen LogP) is 3.39. The van der Waals surface area contributed by atoms with Gasteiger partial charge in [0.1, 0.15) is 6.61 Å². The van der Waals surface area contributed by atoms with Crippen LogP contribution in [-0.4, -0.2) is 24.3 Å². The lowest BCUT2D eigenvalue weighted by atomic mass is 10.1. The van der Waals surface area contributed by atoms with Crippen molar-refractivity contribution in [3.8, 4) is 17.0 Å². The van der Waals surface area contributed by atoms with E-state index in [0.717, 1.165) is 18.2 Å². The summed E-state index contributed by atoms with van der Waals surface area (Å²) in [6.07, 6.45) is 0. The summed E-state index contributed by atoms with van der Waals surface area (Å²) in [4.78, 5) is 35.2. The number of rotatable bonds is 7. The van der Waals surface area contributed by atoms with Gasteiger partial charge in [-0.25, -0.2) is 4.57 Å². The fraction of sp³-hybridized carbons (Fsp3) is 0.118. The highest BCUT2D eigenvalue weighted by molar-refractivity contribution is 5.63. The summed E-state index contributed by atoms with van der Waals surface area (Å²) in [5, 5.41) is 33.4. The van der Waals surface area contributed by atoms with Crippen LogP contribution in [0.2, 0.25) is 0 Å². The fourth-order valence-corrected chi connectivity index (χ4v) is 2.70. The zero-order chi connectivity index (χ0) is 21.1. The molecule has 0 saturated carbocycles. The summed E-state index contributed by atoms with van der Waals surface area (Å²) >= 11 is 0. The molecule has 0 unspecified atom stereocenters. The summed E-state index contributed by atoms with van der Waals surface area (Å²) in [5.74, 6) is -0.621. The largest absolute Gasteiger partial charge is 0.479 e. The SMILES string of the molecule is Cn1c([N+](=O)[O-])nc(-c2ccccc2)c1COc1ccc([N+](=O)[O-])cc1[N+](=O)[O-]. The summed E-state index contributed by atoms with van der Waals surface area (Å²) < 4.78 is 6.73. The number of aromatic nitrogens is 2. The van der Waals surface area contributed by atoms with Crippen LogP contribution in [0.3, 0.4) is 0 Å². The average Bonchev–Trinajstić information content (AvgIpc) is 3.03. The van der Waals surface area contributed by atoms with Crippen molar-refractivity contribution in [1.82, 2.24) is 9.55 Å². The number of hydrogen-bond donors (Lipinski definition) is 0. The third-order valence-corrected chi connectivity index (χ3v) is 4.11. The van der Waals surface area contributed by atoms with E-state index in [0.29, 0.717) is 17.0 Å². The first-order valence-corrected chi connectivity index (χ1v) is 8.10. The van der Waals surface area contributed by atoms with Gasteiger partial charge in [0.05, 0.1) is 23.0 Å². The van der Waals surface area contributed by atoms with Gasteiger partial charge in [0.15, 0.2) is 17.1 Å². The quantitative estimate of drug-likeness (QED) is 0.432. The van der Waals surface area contributed by atoms with E-state index in [1.54, 1.807) is 30.3 Å². The van der Waals surface area contributed by atoms with Crippen molar-refractivity contribution < 1.29 is 19.5 Å². The molecular formula is C17H13N5O7. The Hall–Kier alpha value is -4.35. The van der Waals surface area contributed by atoms with Crippen molar-refractivity contribution in [2.24, 2.45) is 7.05 Å². The van der Waals surface area contributed by atoms with Crippen molar-refractivity contribution in [1.29, 1.82) is 0 Å². The van der Waals surface area contributed by atoms with Crippen LogP contribution in [0.1, 0.15) is 5.69 Å². The molecule has 0 amide bonds. The number of nitro benzene ring substituents is 2. The monoisotopic (exact) mass is 399 g/mol. The standard InChI is InChI=1S/C17H13N5O7/c1-19-14(16(18-17(19)22(27)28)11-5-3-2-4-6-11)10-29-15-8-7-12(20(23)24)9-13(15)21(25)26/h2-9H,10H2,1H3. The molecule has 0 spiro atoms. The third kappa shape index (κ3) is 3.85. The number of nitro groups is 3. The lowest BCUT2D eigenvalue weighted by Crippen LogP contribution is -2.07. The maximum Gasteiger partial charge on any atom is 0.435 e. The Labute approximate surface area is 162 Å². The summed E-state index contributed by atoms with van der Waals surface area (Å²) in [7, 11) is 1.43. The number of benzene rings is 2. The predicted molar refractivity (Wildman–Crippen MR) is 99.4 cm³/mol. The molecule has 0 aliphatic rings. The molecule has 29 heavy (non-hydrogen) atoms. The molecule has 1 aromatic heterocycles. The van der Waals surface area contributed by atoms with Gasteiger partial charge in [-0.3, -0.25) is 20.2 Å². The van der Waals surface area contributed by atoms with E-state index in [1.165, 1.54) is 11.6 Å². The van der Waals surface area contributed by atoms with Crippen molar-refractivity contribution in [2.45, 2.75) is 6.61 Å². The van der Waals surface area contributed by atoms with Gasteiger partial charge in [0.2, 0.25) is 0 Å². The Morgan fingerprint density at radius 3 is 2.24 bits per heavy atom. The normalized spacial score (nSPS) is 10.5. The minimum absolute atomic E-state index is 0.205. The number of non-ortho nitro benzene ring substituents is 1. The maximum absolute atomic E-state index is 11.3. The van der Waals surface area contributed by atoms with E-state index >= 15 is 0 Å². The molecular weight excluding hydrogens is 386 g/mol. The lowest BCUT2D eigenvalue weighted by molar-refractivity contribution is -0.396. The molecule has 3 aromatic rings. The van der Waals surface area contributed by atoms with E-state index < -0.39 is 32.1 Å². The second-order valence-electron chi connectivity index (χ2n) is 5.84. The van der Waals surface area contributed by atoms with Crippen molar-refractivity contribution in [3.05, 3.63) is 84.6 Å². The van der Waals surface area contributed by atoms with Crippen LogP contribution < -0.4 is 4.74 Å². The molecule has 0 N–H and O–H groups in total. The van der Waals surface area contributed by atoms with Crippen LogP contribution >= 0.6 is 0 Å².